The molecule has 1 fully saturated rings. The maximum atomic E-state index is 8.69. The molecule has 2 N–H and O–H groups in total. The summed E-state index contributed by atoms with van der Waals surface area (Å²) >= 11 is 0. The molecular weight excluding hydrogens is 132 g/mol. The first kappa shape index (κ1) is 7.50. The Balaban J connectivity index is 2.35. The monoisotopic (exact) mass is 144 g/mol. The van der Waals surface area contributed by atoms with E-state index in [4.69, 9.17) is 5.11 Å². The summed E-state index contributed by atoms with van der Waals surface area (Å²) in [4.78, 5) is 4.58. The molecule has 0 bridgehead atoms. The van der Waals surface area contributed by atoms with Crippen LogP contribution in [0.25, 0.3) is 0 Å². The quantitative estimate of drug-likeness (QED) is 0.506. The second kappa shape index (κ2) is 3.53. The molecule has 10 heavy (non-hydrogen) atoms. The molecule has 1 saturated heterocycles. The van der Waals surface area contributed by atoms with Gasteiger partial charge in [-0.25, -0.2) is 0 Å². The van der Waals surface area contributed by atoms with Crippen LogP contribution in [0.4, 0.5) is 0 Å². The molecule has 0 spiro atoms. The number of aliphatic hydroxyl groups is 1. The van der Waals surface area contributed by atoms with Gasteiger partial charge in [-0.2, -0.15) is 0 Å². The van der Waals surface area contributed by atoms with Gasteiger partial charge in [0.25, 0.3) is 0 Å². The SMILES string of the molecule is CO/N=C1\CNC(CO)C1. The number of nitrogens with one attached hydrogen (secondary N) is 1. The van der Waals surface area contributed by atoms with E-state index in [-0.39, 0.29) is 12.6 Å². The van der Waals surface area contributed by atoms with E-state index in [9.17, 15) is 0 Å². The minimum atomic E-state index is 0.169. The standard InChI is InChI=1S/C6H12N2O2/c1-10-8-5-2-6(4-9)7-3-5/h6-7,9H,2-4H2,1H3/b8-5-. The van der Waals surface area contributed by atoms with E-state index in [1.807, 2.05) is 0 Å². The number of aliphatic hydroxyl groups excluding tert-OH is 1. The molecule has 1 unspecified atom stereocenters. The molecule has 1 heterocycles. The largest absolute Gasteiger partial charge is 0.399 e. The van der Waals surface area contributed by atoms with Crippen molar-refractivity contribution in [1.29, 1.82) is 0 Å². The summed E-state index contributed by atoms with van der Waals surface area (Å²) in [5.41, 5.74) is 0.974. The van der Waals surface area contributed by atoms with Crippen LogP contribution in [0.2, 0.25) is 0 Å². The van der Waals surface area contributed by atoms with Crippen molar-refractivity contribution in [1.82, 2.24) is 5.32 Å². The summed E-state index contributed by atoms with van der Waals surface area (Å²) in [5.74, 6) is 0. The highest BCUT2D eigenvalue weighted by molar-refractivity contribution is 5.88. The van der Waals surface area contributed by atoms with Gasteiger partial charge >= 0.3 is 0 Å². The zero-order valence-electron chi connectivity index (χ0n) is 6.00. The molecule has 0 aromatic rings. The predicted molar refractivity (Wildman–Crippen MR) is 37.9 cm³/mol. The van der Waals surface area contributed by atoms with Crippen LogP contribution in [0, 0.1) is 0 Å². The van der Waals surface area contributed by atoms with E-state index in [1.165, 1.54) is 7.11 Å². The van der Waals surface area contributed by atoms with Crippen molar-refractivity contribution >= 4 is 5.71 Å². The summed E-state index contributed by atoms with van der Waals surface area (Å²) in [6.45, 7) is 0.905. The Morgan fingerprint density at radius 1 is 1.90 bits per heavy atom. The zero-order chi connectivity index (χ0) is 7.40. The van der Waals surface area contributed by atoms with Crippen molar-refractivity contribution in [3.8, 4) is 0 Å². The maximum Gasteiger partial charge on any atom is 0.106 e. The predicted octanol–water partition coefficient (Wildman–Crippen LogP) is -0.657. The van der Waals surface area contributed by atoms with Gasteiger partial charge in [-0.05, 0) is 0 Å². The molecule has 1 aliphatic rings. The van der Waals surface area contributed by atoms with Crippen molar-refractivity contribution in [2.24, 2.45) is 5.16 Å². The average molecular weight is 144 g/mol. The van der Waals surface area contributed by atoms with Gasteiger partial charge in [0.05, 0.1) is 12.3 Å². The van der Waals surface area contributed by atoms with Crippen LogP contribution in [0.1, 0.15) is 6.42 Å². The molecule has 0 aliphatic carbocycles. The zero-order valence-corrected chi connectivity index (χ0v) is 6.00. The van der Waals surface area contributed by atoms with E-state index in [0.29, 0.717) is 0 Å². The van der Waals surface area contributed by atoms with Crippen molar-refractivity contribution in [3.63, 3.8) is 0 Å². The van der Waals surface area contributed by atoms with E-state index < -0.39 is 0 Å². The van der Waals surface area contributed by atoms with E-state index in [2.05, 4.69) is 15.3 Å². The number of hydrogen-bond acceptors (Lipinski definition) is 4. The van der Waals surface area contributed by atoms with Crippen LogP contribution < -0.4 is 5.32 Å². The van der Waals surface area contributed by atoms with Crippen molar-refractivity contribution < 1.29 is 9.94 Å². The lowest BCUT2D eigenvalue weighted by Gasteiger charge is -2.00. The third-order valence-electron chi connectivity index (χ3n) is 1.52. The molecule has 4 heteroatoms. The fourth-order valence-electron chi connectivity index (χ4n) is 1.02. The molecule has 1 atom stereocenters. The molecule has 0 aromatic carbocycles. The maximum absolute atomic E-state index is 8.69. The highest BCUT2D eigenvalue weighted by atomic mass is 16.6. The van der Waals surface area contributed by atoms with E-state index in [1.54, 1.807) is 0 Å². The van der Waals surface area contributed by atoms with Crippen LogP contribution in [0.15, 0.2) is 5.16 Å². The van der Waals surface area contributed by atoms with Crippen LogP contribution in [0.5, 0.6) is 0 Å². The molecule has 1 aliphatic heterocycles. The molecule has 0 amide bonds. The van der Waals surface area contributed by atoms with Crippen molar-refractivity contribution in [2.75, 3.05) is 20.3 Å². The number of oxime groups is 1. The Hall–Kier alpha value is -0.610. The average Bonchev–Trinajstić information content (AvgIpc) is 2.37. The van der Waals surface area contributed by atoms with Crippen molar-refractivity contribution in [3.05, 3.63) is 0 Å². The first-order chi connectivity index (χ1) is 4.86. The third kappa shape index (κ3) is 1.68. The normalized spacial score (nSPS) is 29.4. The van der Waals surface area contributed by atoms with Crippen LogP contribution in [-0.2, 0) is 4.84 Å². The smallest absolute Gasteiger partial charge is 0.106 e. The second-order valence-corrected chi connectivity index (χ2v) is 2.30. The van der Waals surface area contributed by atoms with Crippen LogP contribution in [0.3, 0.4) is 0 Å². The summed E-state index contributed by atoms with van der Waals surface area (Å²) in [6.07, 6.45) is 0.796. The highest BCUT2D eigenvalue weighted by Crippen LogP contribution is 2.02. The highest BCUT2D eigenvalue weighted by Gasteiger charge is 2.18. The summed E-state index contributed by atoms with van der Waals surface area (Å²) in [5, 5.41) is 15.5. The van der Waals surface area contributed by atoms with Crippen molar-refractivity contribution in [2.45, 2.75) is 12.5 Å². The van der Waals surface area contributed by atoms with Gasteiger partial charge in [0, 0.05) is 19.0 Å². The van der Waals surface area contributed by atoms with Gasteiger partial charge in [0.1, 0.15) is 7.11 Å². The Kier molecular flexibility index (Phi) is 2.65. The van der Waals surface area contributed by atoms with Gasteiger partial charge in [-0.3, -0.25) is 0 Å². The van der Waals surface area contributed by atoms with Gasteiger partial charge < -0.3 is 15.3 Å². The summed E-state index contributed by atoms with van der Waals surface area (Å²) in [7, 11) is 1.53. The minimum absolute atomic E-state index is 0.169. The lowest BCUT2D eigenvalue weighted by Crippen LogP contribution is -2.24. The van der Waals surface area contributed by atoms with Gasteiger partial charge in [0.15, 0.2) is 0 Å². The Bertz CT molecular complexity index is 136. The van der Waals surface area contributed by atoms with Gasteiger partial charge in [0.2, 0.25) is 0 Å². The molecule has 1 rings (SSSR count). The lowest BCUT2D eigenvalue weighted by atomic mass is 10.2. The number of nitrogens with zero attached hydrogens (tertiary/aromatic N) is 1. The molecule has 0 radical (unpaired) electrons. The molecule has 0 aromatic heterocycles. The van der Waals surface area contributed by atoms with Crippen LogP contribution >= 0.6 is 0 Å². The minimum Gasteiger partial charge on any atom is -0.399 e. The fourth-order valence-corrected chi connectivity index (χ4v) is 1.02. The fraction of sp³-hybridized carbons (Fsp3) is 0.833. The third-order valence-corrected chi connectivity index (χ3v) is 1.52. The van der Waals surface area contributed by atoms with Gasteiger partial charge in [-0.15, -0.1) is 0 Å². The second-order valence-electron chi connectivity index (χ2n) is 2.30. The first-order valence-corrected chi connectivity index (χ1v) is 3.30. The Labute approximate surface area is 59.9 Å². The Morgan fingerprint density at radius 2 is 2.70 bits per heavy atom. The lowest BCUT2D eigenvalue weighted by molar-refractivity contribution is 0.212. The summed E-state index contributed by atoms with van der Waals surface area (Å²) < 4.78 is 0. The van der Waals surface area contributed by atoms with E-state index in [0.717, 1.165) is 18.7 Å². The van der Waals surface area contributed by atoms with Gasteiger partial charge in [-0.1, -0.05) is 5.16 Å². The number of hydrogen-bond donors (Lipinski definition) is 2. The molecular formula is C6H12N2O2. The molecule has 0 saturated carbocycles. The molecule has 4 nitrogen and oxygen atoms in total. The Morgan fingerprint density at radius 3 is 3.20 bits per heavy atom. The van der Waals surface area contributed by atoms with Crippen LogP contribution in [-0.4, -0.2) is 37.1 Å². The molecule has 58 valence electrons. The topological polar surface area (TPSA) is 53.8 Å². The summed E-state index contributed by atoms with van der Waals surface area (Å²) in [6, 6.07) is 0.175. The first-order valence-electron chi connectivity index (χ1n) is 3.30. The number of rotatable bonds is 2. The van der Waals surface area contributed by atoms with E-state index >= 15 is 0 Å².